The van der Waals surface area contributed by atoms with Crippen LogP contribution in [-0.2, 0) is 4.74 Å². The minimum absolute atomic E-state index is 0.433. The number of benzene rings is 1. The van der Waals surface area contributed by atoms with E-state index in [0.717, 1.165) is 16.9 Å². The molecule has 0 fully saturated rings. The van der Waals surface area contributed by atoms with E-state index < -0.39 is 11.7 Å². The van der Waals surface area contributed by atoms with Gasteiger partial charge >= 0.3 is 0 Å². The van der Waals surface area contributed by atoms with E-state index >= 15 is 0 Å². The summed E-state index contributed by atoms with van der Waals surface area (Å²) >= 11 is 0. The number of aliphatic hydroxyl groups excluding tert-OH is 1. The van der Waals surface area contributed by atoms with Crippen LogP contribution in [0.3, 0.4) is 0 Å². The van der Waals surface area contributed by atoms with Crippen molar-refractivity contribution in [3.63, 3.8) is 0 Å². The molecular formula is C14H20O3. The highest BCUT2D eigenvalue weighted by atomic mass is 16.5. The van der Waals surface area contributed by atoms with Crippen molar-refractivity contribution in [3.05, 3.63) is 29.3 Å². The van der Waals surface area contributed by atoms with Crippen molar-refractivity contribution in [3.8, 4) is 5.75 Å². The van der Waals surface area contributed by atoms with Crippen LogP contribution in [0.5, 0.6) is 5.75 Å². The molecule has 3 nitrogen and oxygen atoms in total. The van der Waals surface area contributed by atoms with E-state index in [-0.39, 0.29) is 0 Å². The Bertz CT molecular complexity index is 402. The monoisotopic (exact) mass is 236 g/mol. The molecule has 0 aromatic heterocycles. The van der Waals surface area contributed by atoms with Crippen LogP contribution in [0.4, 0.5) is 0 Å². The van der Waals surface area contributed by atoms with Crippen LogP contribution in [0, 0.1) is 6.92 Å². The van der Waals surface area contributed by atoms with E-state index in [1.165, 1.54) is 0 Å². The first-order valence-corrected chi connectivity index (χ1v) is 6.09. The second-order valence-corrected chi connectivity index (χ2v) is 4.95. The lowest BCUT2D eigenvalue weighted by Crippen LogP contribution is -2.42. The van der Waals surface area contributed by atoms with Gasteiger partial charge in [0.1, 0.15) is 11.4 Å². The maximum Gasteiger partial charge on any atom is 0.132 e. The zero-order chi connectivity index (χ0) is 12.5. The van der Waals surface area contributed by atoms with Gasteiger partial charge in [-0.15, -0.1) is 0 Å². The van der Waals surface area contributed by atoms with Gasteiger partial charge in [0.05, 0.1) is 12.7 Å². The van der Waals surface area contributed by atoms with Crippen molar-refractivity contribution in [2.24, 2.45) is 0 Å². The topological polar surface area (TPSA) is 38.7 Å². The molecule has 2 rings (SSSR count). The average Bonchev–Trinajstić information content (AvgIpc) is 2.28. The van der Waals surface area contributed by atoms with Gasteiger partial charge in [-0.1, -0.05) is 11.6 Å². The number of aliphatic hydroxyl groups is 1. The lowest BCUT2D eigenvalue weighted by atomic mass is 9.90. The molecule has 0 saturated carbocycles. The largest absolute Gasteiger partial charge is 0.485 e. The van der Waals surface area contributed by atoms with Crippen molar-refractivity contribution < 1.29 is 14.6 Å². The van der Waals surface area contributed by atoms with Crippen LogP contribution in [0.25, 0.3) is 0 Å². The van der Waals surface area contributed by atoms with E-state index in [1.54, 1.807) is 0 Å². The molecule has 1 aliphatic heterocycles. The molecule has 0 radical (unpaired) electrons. The fourth-order valence-corrected chi connectivity index (χ4v) is 2.25. The summed E-state index contributed by atoms with van der Waals surface area (Å²) in [5, 5.41) is 10.2. The Morgan fingerprint density at radius 2 is 2.29 bits per heavy atom. The fraction of sp³-hybridized carbons (Fsp3) is 0.571. The Balaban J connectivity index is 2.23. The number of ether oxygens (including phenoxy) is 2. The van der Waals surface area contributed by atoms with Crippen LogP contribution in [0.2, 0.25) is 0 Å². The number of rotatable bonds is 3. The number of fused-ring (bicyclic) bond motifs is 1. The number of hydrogen-bond acceptors (Lipinski definition) is 3. The molecule has 1 aromatic carbocycles. The summed E-state index contributed by atoms with van der Waals surface area (Å²) in [6.07, 6.45) is 0.104. The van der Waals surface area contributed by atoms with Crippen LogP contribution in [-0.4, -0.2) is 23.9 Å². The van der Waals surface area contributed by atoms with E-state index in [2.05, 4.69) is 0 Å². The number of aryl methyl sites for hydroxylation is 1. The van der Waals surface area contributed by atoms with Gasteiger partial charge in [-0.25, -0.2) is 0 Å². The predicted molar refractivity (Wildman–Crippen MR) is 66.3 cm³/mol. The molecule has 0 bridgehead atoms. The second-order valence-electron chi connectivity index (χ2n) is 4.95. The van der Waals surface area contributed by atoms with Crippen LogP contribution in [0.1, 0.15) is 37.5 Å². The third kappa shape index (κ3) is 2.61. The minimum Gasteiger partial charge on any atom is -0.485 e. The summed E-state index contributed by atoms with van der Waals surface area (Å²) in [5.74, 6) is 0.775. The molecule has 2 atom stereocenters. The zero-order valence-corrected chi connectivity index (χ0v) is 10.7. The SMILES string of the molecule is CCOCC1(C)C[C@@H](O)c2cc(C)ccc2O1. The lowest BCUT2D eigenvalue weighted by molar-refractivity contribution is -0.0575. The van der Waals surface area contributed by atoms with E-state index in [9.17, 15) is 5.11 Å². The molecule has 1 aliphatic rings. The smallest absolute Gasteiger partial charge is 0.132 e. The van der Waals surface area contributed by atoms with E-state index in [1.807, 2.05) is 39.0 Å². The Hall–Kier alpha value is -1.06. The van der Waals surface area contributed by atoms with Gasteiger partial charge in [0.2, 0.25) is 0 Å². The zero-order valence-electron chi connectivity index (χ0n) is 10.7. The fourth-order valence-electron chi connectivity index (χ4n) is 2.25. The summed E-state index contributed by atoms with van der Waals surface area (Å²) in [7, 11) is 0. The Labute approximate surface area is 102 Å². The molecule has 1 heterocycles. The van der Waals surface area contributed by atoms with Crippen molar-refractivity contribution in [2.45, 2.75) is 38.9 Å². The van der Waals surface area contributed by atoms with Crippen molar-refractivity contribution in [2.75, 3.05) is 13.2 Å². The van der Waals surface area contributed by atoms with Crippen LogP contribution < -0.4 is 4.74 Å². The van der Waals surface area contributed by atoms with E-state index in [0.29, 0.717) is 19.6 Å². The second kappa shape index (κ2) is 4.67. The Kier molecular flexibility index (Phi) is 3.40. The molecule has 0 aliphatic carbocycles. The normalized spacial score (nSPS) is 27.4. The quantitative estimate of drug-likeness (QED) is 0.876. The molecule has 0 spiro atoms. The van der Waals surface area contributed by atoms with Crippen molar-refractivity contribution >= 4 is 0 Å². The summed E-state index contributed by atoms with van der Waals surface area (Å²) in [5.41, 5.74) is 1.59. The first-order chi connectivity index (χ1) is 8.04. The maximum atomic E-state index is 10.2. The van der Waals surface area contributed by atoms with E-state index in [4.69, 9.17) is 9.47 Å². The first kappa shape index (κ1) is 12.4. The molecule has 0 amide bonds. The Morgan fingerprint density at radius 1 is 1.53 bits per heavy atom. The van der Waals surface area contributed by atoms with Gasteiger partial charge in [-0.05, 0) is 32.9 Å². The molecule has 94 valence electrons. The van der Waals surface area contributed by atoms with Gasteiger partial charge in [-0.2, -0.15) is 0 Å². The third-order valence-corrected chi connectivity index (χ3v) is 3.12. The predicted octanol–water partition coefficient (Wildman–Crippen LogP) is 2.61. The molecule has 0 saturated heterocycles. The first-order valence-electron chi connectivity index (χ1n) is 6.09. The molecule has 1 aromatic rings. The van der Waals surface area contributed by atoms with Crippen molar-refractivity contribution in [1.29, 1.82) is 0 Å². The Morgan fingerprint density at radius 3 is 3.00 bits per heavy atom. The van der Waals surface area contributed by atoms with Gasteiger partial charge in [0.25, 0.3) is 0 Å². The van der Waals surface area contributed by atoms with Crippen LogP contribution in [0.15, 0.2) is 18.2 Å². The van der Waals surface area contributed by atoms with Gasteiger partial charge < -0.3 is 14.6 Å². The maximum absolute atomic E-state index is 10.2. The molecule has 1 N–H and O–H groups in total. The lowest BCUT2D eigenvalue weighted by Gasteiger charge is -2.38. The van der Waals surface area contributed by atoms with Crippen LogP contribution >= 0.6 is 0 Å². The van der Waals surface area contributed by atoms with Gasteiger partial charge in [0.15, 0.2) is 0 Å². The number of hydrogen-bond donors (Lipinski definition) is 1. The minimum atomic E-state index is -0.468. The summed E-state index contributed by atoms with van der Waals surface area (Å²) in [6, 6.07) is 5.91. The average molecular weight is 236 g/mol. The standard InChI is InChI=1S/C14H20O3/c1-4-16-9-14(3)8-12(15)11-7-10(2)5-6-13(11)17-14/h5-7,12,15H,4,8-9H2,1-3H3/t12-,14?/m1/s1. The van der Waals surface area contributed by atoms with Crippen molar-refractivity contribution in [1.82, 2.24) is 0 Å². The summed E-state index contributed by atoms with van der Waals surface area (Å²) in [4.78, 5) is 0. The molecular weight excluding hydrogens is 216 g/mol. The molecule has 3 heteroatoms. The highest BCUT2D eigenvalue weighted by Crippen LogP contribution is 2.39. The van der Waals surface area contributed by atoms with Gasteiger partial charge in [-0.3, -0.25) is 0 Å². The highest BCUT2D eigenvalue weighted by molar-refractivity contribution is 5.40. The van der Waals surface area contributed by atoms with Gasteiger partial charge in [0, 0.05) is 18.6 Å². The highest BCUT2D eigenvalue weighted by Gasteiger charge is 2.36. The summed E-state index contributed by atoms with van der Waals surface area (Å²) < 4.78 is 11.4. The molecule has 17 heavy (non-hydrogen) atoms. The third-order valence-electron chi connectivity index (χ3n) is 3.12. The summed E-state index contributed by atoms with van der Waals surface area (Å²) in [6.45, 7) is 7.12. The molecule has 1 unspecified atom stereocenters.